The first-order valence-electron chi connectivity index (χ1n) is 9.22. The molecule has 3 heterocycles. The summed E-state index contributed by atoms with van der Waals surface area (Å²) in [6, 6.07) is 11.2. The molecule has 5 heteroatoms. The van der Waals surface area contributed by atoms with E-state index >= 15 is 0 Å². The van der Waals surface area contributed by atoms with Gasteiger partial charge in [0, 0.05) is 30.6 Å². The van der Waals surface area contributed by atoms with Gasteiger partial charge in [-0.3, -0.25) is 0 Å². The lowest BCUT2D eigenvalue weighted by molar-refractivity contribution is 0.604. The predicted molar refractivity (Wildman–Crippen MR) is 122 cm³/mol. The highest BCUT2D eigenvalue weighted by molar-refractivity contribution is 7.16. The van der Waals surface area contributed by atoms with Crippen LogP contribution in [0.4, 0.5) is 0 Å². The second kappa shape index (κ2) is 6.80. The van der Waals surface area contributed by atoms with Crippen LogP contribution >= 0.6 is 34.4 Å². The van der Waals surface area contributed by atoms with E-state index in [4.69, 9.17) is 0 Å². The van der Waals surface area contributed by atoms with E-state index in [9.17, 15) is 0 Å². The van der Waals surface area contributed by atoms with Crippen LogP contribution in [0, 0.1) is 6.92 Å². The van der Waals surface area contributed by atoms with Crippen LogP contribution in [-0.4, -0.2) is 8.75 Å². The van der Waals surface area contributed by atoms with Crippen LogP contribution in [0.15, 0.2) is 30.3 Å². The van der Waals surface area contributed by atoms with Crippen molar-refractivity contribution >= 4 is 45.4 Å². The van der Waals surface area contributed by atoms with Crippen molar-refractivity contribution in [2.24, 2.45) is 0 Å². The van der Waals surface area contributed by atoms with Crippen LogP contribution in [0.2, 0.25) is 0 Å². The highest BCUT2D eigenvalue weighted by atomic mass is 32.1. The van der Waals surface area contributed by atoms with Crippen LogP contribution < -0.4 is 0 Å². The summed E-state index contributed by atoms with van der Waals surface area (Å²) < 4.78 is 9.32. The second-order valence-corrected chi connectivity index (χ2v) is 11.0. The Bertz CT molecular complexity index is 1110. The third-order valence-electron chi connectivity index (χ3n) is 4.77. The molecule has 4 rings (SSSR count). The first-order valence-corrected chi connectivity index (χ1v) is 11.6. The van der Waals surface area contributed by atoms with Gasteiger partial charge in [-0.25, -0.2) is 0 Å². The zero-order valence-electron chi connectivity index (χ0n) is 16.6. The highest BCUT2D eigenvalue weighted by Crippen LogP contribution is 2.42. The fourth-order valence-electron chi connectivity index (χ4n) is 3.35. The van der Waals surface area contributed by atoms with Gasteiger partial charge in [0.05, 0.1) is 11.7 Å². The lowest BCUT2D eigenvalue weighted by Gasteiger charge is -2.15. The molecule has 0 spiro atoms. The number of benzene rings is 1. The van der Waals surface area contributed by atoms with Gasteiger partial charge in [-0.05, 0) is 42.0 Å². The SMILES string of the molecule is Cc1cc(-c2ccc(-c3ccc(C(C)(C)C)s3)c3nsnc23)sc1C(C)C. The lowest BCUT2D eigenvalue weighted by atomic mass is 9.95. The molecule has 0 unspecified atom stereocenters. The fourth-order valence-corrected chi connectivity index (χ4v) is 6.22. The molecular formula is C22H24N2S3. The zero-order chi connectivity index (χ0) is 19.3. The Morgan fingerprint density at radius 1 is 0.852 bits per heavy atom. The molecular weight excluding hydrogens is 388 g/mol. The number of nitrogens with zero attached hydrogens (tertiary/aromatic N) is 2. The first kappa shape index (κ1) is 18.8. The van der Waals surface area contributed by atoms with Crippen LogP contribution in [-0.2, 0) is 5.41 Å². The number of aryl methyl sites for hydroxylation is 1. The molecule has 0 amide bonds. The van der Waals surface area contributed by atoms with Gasteiger partial charge < -0.3 is 0 Å². The standard InChI is InChI=1S/C22H24N2S3/c1-12(2)21-13(3)11-17(26-21)15-8-7-14(19-20(15)24-27-23-19)16-9-10-18(25-16)22(4,5)6/h7-12H,1-6H3. The van der Waals surface area contributed by atoms with E-state index in [0.29, 0.717) is 5.92 Å². The zero-order valence-corrected chi connectivity index (χ0v) is 19.0. The van der Waals surface area contributed by atoms with Crippen LogP contribution in [0.25, 0.3) is 31.9 Å². The summed E-state index contributed by atoms with van der Waals surface area (Å²) in [6.07, 6.45) is 0. The van der Waals surface area contributed by atoms with Crippen LogP contribution in [0.1, 0.15) is 55.9 Å². The molecule has 2 nitrogen and oxygen atoms in total. The van der Waals surface area contributed by atoms with E-state index in [2.05, 4.69) is 80.6 Å². The molecule has 0 N–H and O–H groups in total. The topological polar surface area (TPSA) is 25.8 Å². The number of aromatic nitrogens is 2. The van der Waals surface area contributed by atoms with Crippen molar-refractivity contribution in [3.8, 4) is 20.9 Å². The summed E-state index contributed by atoms with van der Waals surface area (Å²) in [6.45, 7) is 13.5. The van der Waals surface area contributed by atoms with E-state index in [1.165, 1.54) is 47.9 Å². The predicted octanol–water partition coefficient (Wildman–Crippen LogP) is 7.88. The van der Waals surface area contributed by atoms with Crippen LogP contribution in [0.5, 0.6) is 0 Å². The number of hydrogen-bond donors (Lipinski definition) is 0. The van der Waals surface area contributed by atoms with Crippen molar-refractivity contribution in [3.05, 3.63) is 45.6 Å². The average Bonchev–Trinajstić information content (AvgIpc) is 3.32. The van der Waals surface area contributed by atoms with Gasteiger partial charge in [0.2, 0.25) is 0 Å². The maximum Gasteiger partial charge on any atom is 0.114 e. The van der Waals surface area contributed by atoms with E-state index in [1.54, 1.807) is 0 Å². The maximum absolute atomic E-state index is 4.66. The Morgan fingerprint density at radius 2 is 1.48 bits per heavy atom. The number of thiophene rings is 2. The third-order valence-corrected chi connectivity index (χ3v) is 8.42. The Kier molecular flexibility index (Phi) is 4.73. The summed E-state index contributed by atoms with van der Waals surface area (Å²) in [4.78, 5) is 5.42. The minimum absolute atomic E-state index is 0.171. The molecule has 0 fully saturated rings. The Balaban J connectivity index is 1.84. The van der Waals surface area contributed by atoms with Crippen molar-refractivity contribution in [3.63, 3.8) is 0 Å². The van der Waals surface area contributed by atoms with Gasteiger partial charge in [-0.2, -0.15) is 8.75 Å². The van der Waals surface area contributed by atoms with Crippen molar-refractivity contribution in [2.45, 2.75) is 52.9 Å². The van der Waals surface area contributed by atoms with E-state index in [0.717, 1.165) is 11.0 Å². The van der Waals surface area contributed by atoms with Gasteiger partial charge in [0.15, 0.2) is 0 Å². The van der Waals surface area contributed by atoms with Crippen molar-refractivity contribution in [2.75, 3.05) is 0 Å². The Labute approximate surface area is 173 Å². The molecule has 0 bridgehead atoms. The molecule has 0 atom stereocenters. The van der Waals surface area contributed by atoms with Gasteiger partial charge in [0.25, 0.3) is 0 Å². The number of hydrogen-bond acceptors (Lipinski definition) is 5. The summed E-state index contributed by atoms with van der Waals surface area (Å²) in [5, 5.41) is 0. The van der Waals surface area contributed by atoms with Crippen molar-refractivity contribution < 1.29 is 0 Å². The molecule has 3 aromatic heterocycles. The minimum Gasteiger partial charge on any atom is -0.172 e. The average molecular weight is 413 g/mol. The number of fused-ring (bicyclic) bond motifs is 1. The number of rotatable bonds is 3. The molecule has 0 radical (unpaired) electrons. The molecule has 27 heavy (non-hydrogen) atoms. The fraction of sp³-hybridized carbons (Fsp3) is 0.364. The van der Waals surface area contributed by atoms with Crippen LogP contribution in [0.3, 0.4) is 0 Å². The lowest BCUT2D eigenvalue weighted by Crippen LogP contribution is -2.07. The third kappa shape index (κ3) is 3.37. The molecule has 0 aliphatic carbocycles. The normalized spacial score (nSPS) is 12.4. The minimum atomic E-state index is 0.171. The largest absolute Gasteiger partial charge is 0.172 e. The molecule has 140 valence electrons. The maximum atomic E-state index is 4.66. The van der Waals surface area contributed by atoms with Crippen molar-refractivity contribution in [1.29, 1.82) is 0 Å². The highest BCUT2D eigenvalue weighted by Gasteiger charge is 2.20. The Morgan fingerprint density at radius 3 is 2.00 bits per heavy atom. The summed E-state index contributed by atoms with van der Waals surface area (Å²) in [7, 11) is 0. The summed E-state index contributed by atoms with van der Waals surface area (Å²) in [5.41, 5.74) is 6.00. The monoisotopic (exact) mass is 412 g/mol. The van der Waals surface area contributed by atoms with Gasteiger partial charge in [-0.1, -0.05) is 46.8 Å². The molecule has 1 aromatic carbocycles. The molecule has 0 aliphatic rings. The second-order valence-electron chi connectivity index (χ2n) is 8.35. The van der Waals surface area contributed by atoms with Gasteiger partial charge >= 0.3 is 0 Å². The smallest absolute Gasteiger partial charge is 0.114 e. The Hall–Kier alpha value is -1.56. The molecule has 0 saturated heterocycles. The molecule has 0 saturated carbocycles. The van der Waals surface area contributed by atoms with E-state index in [-0.39, 0.29) is 5.41 Å². The van der Waals surface area contributed by atoms with Gasteiger partial charge in [0.1, 0.15) is 11.0 Å². The first-order chi connectivity index (χ1) is 12.8. The molecule has 4 aromatic rings. The van der Waals surface area contributed by atoms with Crippen molar-refractivity contribution in [1.82, 2.24) is 8.75 Å². The molecule has 0 aliphatic heterocycles. The summed E-state index contributed by atoms with van der Waals surface area (Å²) >= 11 is 5.06. The van der Waals surface area contributed by atoms with E-state index < -0.39 is 0 Å². The van der Waals surface area contributed by atoms with E-state index in [1.807, 2.05) is 22.7 Å². The quantitative estimate of drug-likeness (QED) is 0.342. The van der Waals surface area contributed by atoms with Gasteiger partial charge in [-0.15, -0.1) is 22.7 Å². The summed E-state index contributed by atoms with van der Waals surface area (Å²) in [5.74, 6) is 0.550.